The van der Waals surface area contributed by atoms with Crippen LogP contribution < -0.4 is 10.6 Å². The monoisotopic (exact) mass is 344 g/mol. The van der Waals surface area contributed by atoms with E-state index in [0.717, 1.165) is 37.7 Å². The Kier molecular flexibility index (Phi) is 3.88. The van der Waals surface area contributed by atoms with Gasteiger partial charge in [-0.3, -0.25) is 14.3 Å². The number of aromatic nitrogens is 2. The van der Waals surface area contributed by atoms with Crippen molar-refractivity contribution in [3.63, 3.8) is 0 Å². The molecule has 0 aliphatic heterocycles. The summed E-state index contributed by atoms with van der Waals surface area (Å²) < 4.78 is 1.61. The topological polar surface area (TPSA) is 76.0 Å². The van der Waals surface area contributed by atoms with Crippen LogP contribution in [0.3, 0.4) is 0 Å². The van der Waals surface area contributed by atoms with E-state index in [-0.39, 0.29) is 11.8 Å². The van der Waals surface area contributed by atoms with Gasteiger partial charge in [-0.15, -0.1) is 11.3 Å². The summed E-state index contributed by atoms with van der Waals surface area (Å²) >= 11 is 1.54. The Hall–Kier alpha value is -2.15. The maximum atomic E-state index is 12.6. The molecule has 2 aromatic heterocycles. The van der Waals surface area contributed by atoms with Crippen LogP contribution in [0.25, 0.3) is 0 Å². The molecule has 4 rings (SSSR count). The molecule has 126 valence electrons. The van der Waals surface area contributed by atoms with Crippen LogP contribution in [-0.4, -0.2) is 27.6 Å². The molecule has 0 saturated heterocycles. The third-order valence-electron chi connectivity index (χ3n) is 4.60. The van der Waals surface area contributed by atoms with Crippen molar-refractivity contribution >= 4 is 28.2 Å². The fourth-order valence-electron chi connectivity index (χ4n) is 3.06. The molecule has 2 heterocycles. The molecule has 2 aliphatic carbocycles. The van der Waals surface area contributed by atoms with Gasteiger partial charge in [-0.1, -0.05) is 0 Å². The van der Waals surface area contributed by atoms with Crippen LogP contribution in [-0.2, 0) is 17.6 Å². The average molecular weight is 344 g/mol. The number of hydrogen-bond acceptors (Lipinski definition) is 4. The zero-order valence-corrected chi connectivity index (χ0v) is 14.4. The van der Waals surface area contributed by atoms with Crippen LogP contribution >= 0.6 is 11.3 Å². The Bertz CT molecular complexity index is 777. The van der Waals surface area contributed by atoms with Gasteiger partial charge in [0.05, 0.1) is 5.56 Å². The fourth-order valence-corrected chi connectivity index (χ4v) is 4.35. The first kappa shape index (κ1) is 15.4. The molecule has 0 unspecified atom stereocenters. The maximum Gasteiger partial charge on any atom is 0.254 e. The van der Waals surface area contributed by atoms with Crippen molar-refractivity contribution in [2.45, 2.75) is 51.1 Å². The van der Waals surface area contributed by atoms with E-state index in [9.17, 15) is 9.59 Å². The van der Waals surface area contributed by atoms with E-state index >= 15 is 0 Å². The molecule has 2 aliphatic rings. The molecule has 0 spiro atoms. The van der Waals surface area contributed by atoms with Crippen molar-refractivity contribution in [3.8, 4) is 0 Å². The number of nitrogens with zero attached hydrogens (tertiary/aromatic N) is 2. The van der Waals surface area contributed by atoms with Crippen LogP contribution in [0.1, 0.15) is 53.0 Å². The summed E-state index contributed by atoms with van der Waals surface area (Å²) in [5.74, 6) is -0.196. The number of carbonyl (C=O) groups excluding carboxylic acids is 2. The van der Waals surface area contributed by atoms with Gasteiger partial charge in [0.2, 0.25) is 5.91 Å². The van der Waals surface area contributed by atoms with E-state index in [0.29, 0.717) is 16.6 Å². The molecule has 24 heavy (non-hydrogen) atoms. The summed E-state index contributed by atoms with van der Waals surface area (Å²) in [5.41, 5.74) is 1.81. The minimum atomic E-state index is -0.420. The lowest BCUT2D eigenvalue weighted by atomic mass is 10.1. The number of anilines is 1. The molecule has 7 heteroatoms. The molecule has 2 aromatic rings. The van der Waals surface area contributed by atoms with Crippen LogP contribution in [0.5, 0.6) is 0 Å². The molecule has 0 bridgehead atoms. The van der Waals surface area contributed by atoms with Crippen LogP contribution in [0.15, 0.2) is 18.5 Å². The summed E-state index contributed by atoms with van der Waals surface area (Å²) in [6.45, 7) is 1.80. The van der Waals surface area contributed by atoms with Crippen molar-refractivity contribution in [1.29, 1.82) is 0 Å². The second kappa shape index (κ2) is 6.05. The molecule has 1 fully saturated rings. The lowest BCUT2D eigenvalue weighted by Gasteiger charge is -2.13. The Morgan fingerprint density at radius 3 is 2.92 bits per heavy atom. The summed E-state index contributed by atoms with van der Waals surface area (Å²) in [7, 11) is 0. The first-order valence-corrected chi connectivity index (χ1v) is 9.20. The van der Waals surface area contributed by atoms with Gasteiger partial charge in [-0.25, -0.2) is 0 Å². The van der Waals surface area contributed by atoms with E-state index in [2.05, 4.69) is 15.7 Å². The van der Waals surface area contributed by atoms with Gasteiger partial charge in [-0.05, 0) is 50.7 Å². The third-order valence-corrected chi connectivity index (χ3v) is 5.81. The number of carbonyl (C=O) groups is 2. The quantitative estimate of drug-likeness (QED) is 0.875. The van der Waals surface area contributed by atoms with E-state index in [1.807, 2.05) is 0 Å². The number of fused-ring (bicyclic) bond motifs is 1. The lowest BCUT2D eigenvalue weighted by molar-refractivity contribution is -0.119. The Balaban J connectivity index is 1.58. The average Bonchev–Trinajstić information content (AvgIpc) is 2.96. The number of hydrogen-bond donors (Lipinski definition) is 2. The molecule has 0 aromatic carbocycles. The molecule has 6 nitrogen and oxygen atoms in total. The highest BCUT2D eigenvalue weighted by Gasteiger charge is 2.31. The van der Waals surface area contributed by atoms with E-state index in [1.54, 1.807) is 41.4 Å². The van der Waals surface area contributed by atoms with E-state index in [1.165, 1.54) is 4.88 Å². The molecule has 0 radical (unpaired) electrons. The van der Waals surface area contributed by atoms with Crippen molar-refractivity contribution in [1.82, 2.24) is 15.1 Å². The number of thiophene rings is 1. The highest BCUT2D eigenvalue weighted by Crippen LogP contribution is 2.39. The van der Waals surface area contributed by atoms with Gasteiger partial charge < -0.3 is 10.6 Å². The normalized spacial score (nSPS) is 17.4. The molecular formula is C17H20N4O2S. The van der Waals surface area contributed by atoms with Crippen LogP contribution in [0.4, 0.5) is 5.00 Å². The standard InChI is InChI=1S/C17H20N4O2S/c1-10(21-9-3-8-18-21)15(22)20-17-14(16(23)19-11-6-7-11)12-4-2-5-13(12)24-17/h3,8-11H,2,4-7H2,1H3,(H,19,23)(H,20,22)/t10-/m0/s1. The van der Waals surface area contributed by atoms with Gasteiger partial charge in [-0.2, -0.15) is 5.10 Å². The molecular weight excluding hydrogens is 324 g/mol. The Morgan fingerprint density at radius 2 is 2.21 bits per heavy atom. The second-order valence-corrected chi connectivity index (χ2v) is 7.57. The van der Waals surface area contributed by atoms with E-state index < -0.39 is 6.04 Å². The van der Waals surface area contributed by atoms with Gasteiger partial charge in [0, 0.05) is 23.3 Å². The number of nitrogens with one attached hydrogen (secondary N) is 2. The van der Waals surface area contributed by atoms with Crippen LogP contribution in [0.2, 0.25) is 0 Å². The zero-order chi connectivity index (χ0) is 16.7. The number of aryl methyl sites for hydroxylation is 1. The summed E-state index contributed by atoms with van der Waals surface area (Å²) in [6.07, 6.45) is 8.52. The summed E-state index contributed by atoms with van der Waals surface area (Å²) in [4.78, 5) is 26.4. The highest BCUT2D eigenvalue weighted by atomic mass is 32.1. The third kappa shape index (κ3) is 2.84. The predicted octanol–water partition coefficient (Wildman–Crippen LogP) is 2.53. The van der Waals surface area contributed by atoms with Crippen molar-refractivity contribution in [2.75, 3.05) is 5.32 Å². The first-order valence-electron chi connectivity index (χ1n) is 8.39. The highest BCUT2D eigenvalue weighted by molar-refractivity contribution is 7.17. The van der Waals surface area contributed by atoms with Gasteiger partial charge in [0.15, 0.2) is 0 Å². The first-order chi connectivity index (χ1) is 11.6. The van der Waals surface area contributed by atoms with Gasteiger partial charge in [0.25, 0.3) is 5.91 Å². The lowest BCUT2D eigenvalue weighted by Crippen LogP contribution is -2.28. The fraction of sp³-hybridized carbons (Fsp3) is 0.471. The van der Waals surface area contributed by atoms with Crippen LogP contribution in [0, 0.1) is 0 Å². The summed E-state index contributed by atoms with van der Waals surface area (Å²) in [6, 6.07) is 1.68. The molecule has 1 saturated carbocycles. The zero-order valence-electron chi connectivity index (χ0n) is 13.5. The summed E-state index contributed by atoms with van der Waals surface area (Å²) in [5, 5.41) is 10.8. The predicted molar refractivity (Wildman–Crippen MR) is 92.4 cm³/mol. The molecule has 2 amide bonds. The number of rotatable bonds is 5. The Labute approximate surface area is 144 Å². The maximum absolute atomic E-state index is 12.6. The van der Waals surface area contributed by atoms with E-state index in [4.69, 9.17) is 0 Å². The second-order valence-electron chi connectivity index (χ2n) is 6.46. The smallest absolute Gasteiger partial charge is 0.254 e. The minimum absolute atomic E-state index is 0.0426. The van der Waals surface area contributed by atoms with Crippen molar-refractivity contribution in [3.05, 3.63) is 34.5 Å². The molecule has 2 N–H and O–H groups in total. The molecule has 1 atom stereocenters. The largest absolute Gasteiger partial charge is 0.349 e. The van der Waals surface area contributed by atoms with Crippen molar-refractivity contribution < 1.29 is 9.59 Å². The van der Waals surface area contributed by atoms with Gasteiger partial charge in [0.1, 0.15) is 11.0 Å². The Morgan fingerprint density at radius 1 is 1.38 bits per heavy atom. The van der Waals surface area contributed by atoms with Crippen molar-refractivity contribution in [2.24, 2.45) is 0 Å². The SMILES string of the molecule is C[C@@H](C(=O)Nc1sc2c(c1C(=O)NC1CC1)CCC2)n1cccn1. The number of amides is 2. The minimum Gasteiger partial charge on any atom is -0.349 e. The van der Waals surface area contributed by atoms with Gasteiger partial charge >= 0.3 is 0 Å².